The standard InChI is InChI=1S/C17H20N2O4S2/c1-18-17(21)12-2-4-15(5-3-12)25(22,23)19-8-14(10-20)16(9-19)13-6-7-24-11-13/h2-7,11,14,16,20H,8-10H2,1H3,(H,18,21)/t14-,16+/m1/s1. The molecule has 134 valence electrons. The molecule has 1 saturated heterocycles. The Labute approximate surface area is 151 Å². The van der Waals surface area contributed by atoms with Crippen molar-refractivity contribution in [2.45, 2.75) is 10.8 Å². The number of aliphatic hydroxyl groups is 1. The van der Waals surface area contributed by atoms with Gasteiger partial charge in [0.05, 0.1) is 4.90 Å². The Kier molecular flexibility index (Phi) is 5.24. The third kappa shape index (κ3) is 3.48. The lowest BCUT2D eigenvalue weighted by Gasteiger charge is -2.16. The Morgan fingerprint density at radius 3 is 2.56 bits per heavy atom. The monoisotopic (exact) mass is 380 g/mol. The average molecular weight is 380 g/mol. The van der Waals surface area contributed by atoms with Gasteiger partial charge in [-0.15, -0.1) is 0 Å². The molecule has 0 unspecified atom stereocenters. The van der Waals surface area contributed by atoms with Crippen molar-refractivity contribution in [2.24, 2.45) is 5.92 Å². The molecule has 25 heavy (non-hydrogen) atoms. The number of aliphatic hydroxyl groups excluding tert-OH is 1. The molecule has 1 aromatic carbocycles. The van der Waals surface area contributed by atoms with Gasteiger partial charge in [-0.1, -0.05) is 0 Å². The van der Waals surface area contributed by atoms with Gasteiger partial charge < -0.3 is 10.4 Å². The summed E-state index contributed by atoms with van der Waals surface area (Å²) in [6.07, 6.45) is 0. The van der Waals surface area contributed by atoms with Gasteiger partial charge >= 0.3 is 0 Å². The lowest BCUT2D eigenvalue weighted by atomic mass is 9.92. The van der Waals surface area contributed by atoms with Crippen LogP contribution in [0.3, 0.4) is 0 Å². The number of nitrogens with zero attached hydrogens (tertiary/aromatic N) is 1. The molecule has 2 aromatic rings. The minimum absolute atomic E-state index is 0.00355. The van der Waals surface area contributed by atoms with E-state index in [2.05, 4.69) is 5.32 Å². The molecule has 2 heterocycles. The lowest BCUT2D eigenvalue weighted by Crippen LogP contribution is -2.29. The van der Waals surface area contributed by atoms with Crippen molar-refractivity contribution in [3.05, 3.63) is 52.2 Å². The van der Waals surface area contributed by atoms with Gasteiger partial charge in [-0.05, 0) is 46.7 Å². The summed E-state index contributed by atoms with van der Waals surface area (Å²) in [7, 11) is -2.14. The minimum atomic E-state index is -3.66. The Morgan fingerprint density at radius 2 is 2.00 bits per heavy atom. The predicted octanol–water partition coefficient (Wildman–Crippen LogP) is 1.50. The van der Waals surface area contributed by atoms with Crippen LogP contribution in [0.4, 0.5) is 0 Å². The summed E-state index contributed by atoms with van der Waals surface area (Å²) in [5.74, 6) is -0.381. The third-order valence-corrected chi connectivity index (χ3v) is 7.14. The summed E-state index contributed by atoms with van der Waals surface area (Å²) in [6, 6.07) is 7.88. The topological polar surface area (TPSA) is 86.7 Å². The van der Waals surface area contributed by atoms with E-state index in [1.54, 1.807) is 11.3 Å². The Bertz CT molecular complexity index is 832. The van der Waals surface area contributed by atoms with Gasteiger partial charge in [0.15, 0.2) is 0 Å². The second-order valence-electron chi connectivity index (χ2n) is 6.03. The third-order valence-electron chi connectivity index (χ3n) is 4.59. The zero-order chi connectivity index (χ0) is 18.0. The van der Waals surface area contributed by atoms with Gasteiger partial charge in [-0.25, -0.2) is 8.42 Å². The molecule has 1 amide bonds. The van der Waals surface area contributed by atoms with Crippen LogP contribution in [0.2, 0.25) is 0 Å². The fourth-order valence-electron chi connectivity index (χ4n) is 3.15. The quantitative estimate of drug-likeness (QED) is 0.823. The molecule has 0 aliphatic carbocycles. The summed E-state index contributed by atoms with van der Waals surface area (Å²) in [4.78, 5) is 11.7. The van der Waals surface area contributed by atoms with Crippen LogP contribution < -0.4 is 5.32 Å². The molecule has 1 aliphatic rings. The number of hydrogen-bond donors (Lipinski definition) is 2. The number of amides is 1. The second-order valence-corrected chi connectivity index (χ2v) is 8.75. The van der Waals surface area contributed by atoms with E-state index < -0.39 is 10.0 Å². The van der Waals surface area contributed by atoms with Crippen molar-refractivity contribution < 1.29 is 18.3 Å². The van der Waals surface area contributed by atoms with Crippen molar-refractivity contribution in [1.82, 2.24) is 9.62 Å². The molecule has 1 aromatic heterocycles. The van der Waals surface area contributed by atoms with Crippen LogP contribution in [0.15, 0.2) is 46.0 Å². The van der Waals surface area contributed by atoms with E-state index >= 15 is 0 Å². The molecule has 0 saturated carbocycles. The van der Waals surface area contributed by atoms with Crippen LogP contribution in [0.5, 0.6) is 0 Å². The Hall–Kier alpha value is -1.74. The zero-order valence-corrected chi connectivity index (χ0v) is 15.4. The van der Waals surface area contributed by atoms with Gasteiger partial charge in [-0.2, -0.15) is 15.6 Å². The van der Waals surface area contributed by atoms with E-state index in [-0.39, 0.29) is 35.8 Å². The van der Waals surface area contributed by atoms with Crippen LogP contribution in [-0.4, -0.2) is 50.5 Å². The highest BCUT2D eigenvalue weighted by atomic mass is 32.2. The van der Waals surface area contributed by atoms with E-state index in [0.717, 1.165) is 5.56 Å². The molecule has 0 radical (unpaired) electrons. The molecule has 3 rings (SSSR count). The first-order chi connectivity index (χ1) is 12.0. The van der Waals surface area contributed by atoms with Gasteiger partial charge in [0.25, 0.3) is 5.91 Å². The summed E-state index contributed by atoms with van der Waals surface area (Å²) in [6.45, 7) is 0.584. The second kappa shape index (κ2) is 7.25. The highest BCUT2D eigenvalue weighted by molar-refractivity contribution is 7.89. The van der Waals surface area contributed by atoms with Gasteiger partial charge in [0, 0.05) is 44.1 Å². The van der Waals surface area contributed by atoms with E-state index in [9.17, 15) is 18.3 Å². The highest BCUT2D eigenvalue weighted by Crippen LogP contribution is 2.36. The first kappa shape index (κ1) is 18.1. The molecule has 1 fully saturated rings. The SMILES string of the molecule is CNC(=O)c1ccc(S(=O)(=O)N2C[C@H](CO)[C@H](c3ccsc3)C2)cc1. The highest BCUT2D eigenvalue weighted by Gasteiger charge is 2.39. The molecule has 2 atom stereocenters. The number of carbonyl (C=O) groups excluding carboxylic acids is 1. The maximum Gasteiger partial charge on any atom is 0.251 e. The van der Waals surface area contributed by atoms with E-state index in [1.807, 2.05) is 16.8 Å². The molecule has 1 aliphatic heterocycles. The number of carbonyl (C=O) groups is 1. The van der Waals surface area contributed by atoms with Crippen LogP contribution in [0.1, 0.15) is 21.8 Å². The average Bonchev–Trinajstić information content (AvgIpc) is 3.30. The van der Waals surface area contributed by atoms with Crippen molar-refractivity contribution in [2.75, 3.05) is 26.7 Å². The van der Waals surface area contributed by atoms with Crippen LogP contribution in [-0.2, 0) is 10.0 Å². The Balaban J connectivity index is 1.84. The van der Waals surface area contributed by atoms with E-state index in [0.29, 0.717) is 12.1 Å². The number of nitrogens with one attached hydrogen (secondary N) is 1. The fourth-order valence-corrected chi connectivity index (χ4v) is 5.40. The largest absolute Gasteiger partial charge is 0.396 e. The first-order valence-electron chi connectivity index (χ1n) is 7.92. The number of rotatable bonds is 5. The van der Waals surface area contributed by atoms with E-state index in [4.69, 9.17) is 0 Å². The van der Waals surface area contributed by atoms with Crippen LogP contribution in [0, 0.1) is 5.92 Å². The molecular formula is C17H20N2O4S2. The minimum Gasteiger partial charge on any atom is -0.396 e. The molecule has 8 heteroatoms. The van der Waals surface area contributed by atoms with Crippen LogP contribution in [0.25, 0.3) is 0 Å². The number of sulfonamides is 1. The Morgan fingerprint density at radius 1 is 1.28 bits per heavy atom. The summed E-state index contributed by atoms with van der Waals surface area (Å²) in [5.41, 5.74) is 1.48. The molecular weight excluding hydrogens is 360 g/mol. The molecule has 0 spiro atoms. The maximum absolute atomic E-state index is 12.9. The molecule has 2 N–H and O–H groups in total. The van der Waals surface area contributed by atoms with Crippen molar-refractivity contribution in [1.29, 1.82) is 0 Å². The smallest absolute Gasteiger partial charge is 0.251 e. The summed E-state index contributed by atoms with van der Waals surface area (Å²) in [5, 5.41) is 16.1. The van der Waals surface area contributed by atoms with Gasteiger partial charge in [-0.3, -0.25) is 4.79 Å². The maximum atomic E-state index is 12.9. The van der Waals surface area contributed by atoms with Crippen molar-refractivity contribution >= 4 is 27.3 Å². The number of thiophene rings is 1. The van der Waals surface area contributed by atoms with Crippen LogP contribution >= 0.6 is 11.3 Å². The number of benzene rings is 1. The van der Waals surface area contributed by atoms with E-state index in [1.165, 1.54) is 35.6 Å². The van der Waals surface area contributed by atoms with Crippen molar-refractivity contribution in [3.63, 3.8) is 0 Å². The first-order valence-corrected chi connectivity index (χ1v) is 10.3. The zero-order valence-electron chi connectivity index (χ0n) is 13.8. The predicted molar refractivity (Wildman–Crippen MR) is 96.2 cm³/mol. The molecule has 6 nitrogen and oxygen atoms in total. The lowest BCUT2D eigenvalue weighted by molar-refractivity contribution is 0.0963. The van der Waals surface area contributed by atoms with Gasteiger partial charge in [0.2, 0.25) is 10.0 Å². The number of hydrogen-bond acceptors (Lipinski definition) is 5. The van der Waals surface area contributed by atoms with Crippen molar-refractivity contribution in [3.8, 4) is 0 Å². The summed E-state index contributed by atoms with van der Waals surface area (Å²) < 4.78 is 27.2. The normalized spacial score (nSPS) is 21.4. The fraction of sp³-hybridized carbons (Fsp3) is 0.353. The summed E-state index contributed by atoms with van der Waals surface area (Å²) >= 11 is 1.56. The molecule has 0 bridgehead atoms. The van der Waals surface area contributed by atoms with Gasteiger partial charge in [0.1, 0.15) is 0 Å².